The molecule has 28 heavy (non-hydrogen) atoms. The first kappa shape index (κ1) is 20.5. The number of carbonyl (C=O) groups is 1. The summed E-state index contributed by atoms with van der Waals surface area (Å²) in [4.78, 5) is 19.7. The molecule has 0 unspecified atom stereocenters. The molecule has 0 saturated heterocycles. The third kappa shape index (κ3) is 5.87. The summed E-state index contributed by atoms with van der Waals surface area (Å²) in [6, 6.07) is 9.76. The molecular formula is C20H24ClFN4O2. The van der Waals surface area contributed by atoms with Crippen molar-refractivity contribution in [1.82, 2.24) is 15.3 Å². The Balaban J connectivity index is 1.45. The molecule has 1 aromatic carbocycles. The minimum absolute atomic E-state index is 0.0213. The number of nitrogens with one attached hydrogen (secondary N) is 2. The fourth-order valence-electron chi connectivity index (χ4n) is 3.34. The summed E-state index contributed by atoms with van der Waals surface area (Å²) in [5.41, 5.74) is 1.17. The van der Waals surface area contributed by atoms with Gasteiger partial charge in [-0.05, 0) is 49.8 Å². The molecule has 0 spiro atoms. The first-order valence-electron chi connectivity index (χ1n) is 9.40. The minimum atomic E-state index is -0.482. The standard InChI is InChI=1S/C20H24ClFN4O2/c1-13-18(22)19(26-20(21)24-13)25-16-9-5-8-15(10-16)23-11-17(27)28-12-14-6-3-2-4-7-14/h2-4,6-7,15-16,23H,5,8-12H2,1H3,(H,24,25,26)/t15-,16+/m0/s1. The Morgan fingerprint density at radius 1 is 1.25 bits per heavy atom. The maximum Gasteiger partial charge on any atom is 0.320 e. The number of aryl methyl sites for hydroxylation is 1. The lowest BCUT2D eigenvalue weighted by molar-refractivity contribution is -0.144. The van der Waals surface area contributed by atoms with Crippen molar-refractivity contribution >= 4 is 23.4 Å². The molecular weight excluding hydrogens is 383 g/mol. The van der Waals surface area contributed by atoms with Gasteiger partial charge in [0, 0.05) is 12.1 Å². The van der Waals surface area contributed by atoms with Crippen molar-refractivity contribution in [3.05, 3.63) is 52.7 Å². The Kier molecular flexibility index (Phi) is 7.17. The molecule has 1 saturated carbocycles. The molecule has 0 amide bonds. The van der Waals surface area contributed by atoms with Crippen LogP contribution >= 0.6 is 11.6 Å². The van der Waals surface area contributed by atoms with E-state index < -0.39 is 5.82 Å². The first-order valence-corrected chi connectivity index (χ1v) is 9.78. The van der Waals surface area contributed by atoms with Gasteiger partial charge in [-0.25, -0.2) is 9.37 Å². The summed E-state index contributed by atoms with van der Waals surface area (Å²) < 4.78 is 19.5. The summed E-state index contributed by atoms with van der Waals surface area (Å²) in [5.74, 6) is -0.641. The van der Waals surface area contributed by atoms with Crippen LogP contribution < -0.4 is 10.6 Å². The predicted molar refractivity (Wildman–Crippen MR) is 106 cm³/mol. The number of halogens is 2. The number of benzene rings is 1. The maximum atomic E-state index is 14.2. The quantitative estimate of drug-likeness (QED) is 0.540. The number of hydrogen-bond donors (Lipinski definition) is 2. The van der Waals surface area contributed by atoms with Crippen molar-refractivity contribution in [2.45, 2.75) is 51.3 Å². The van der Waals surface area contributed by atoms with E-state index >= 15 is 0 Å². The molecule has 0 aliphatic heterocycles. The topological polar surface area (TPSA) is 76.1 Å². The molecule has 0 bridgehead atoms. The first-order chi connectivity index (χ1) is 13.5. The molecule has 1 heterocycles. The lowest BCUT2D eigenvalue weighted by Crippen LogP contribution is -2.41. The predicted octanol–water partition coefficient (Wildman–Crippen LogP) is 3.63. The molecule has 1 fully saturated rings. The molecule has 2 N–H and O–H groups in total. The van der Waals surface area contributed by atoms with Crippen molar-refractivity contribution in [3.63, 3.8) is 0 Å². The molecule has 3 rings (SSSR count). The Hall–Kier alpha value is -2.25. The lowest BCUT2D eigenvalue weighted by atomic mass is 9.91. The average Bonchev–Trinajstić information content (AvgIpc) is 2.69. The summed E-state index contributed by atoms with van der Waals surface area (Å²) in [7, 11) is 0. The highest BCUT2D eigenvalue weighted by Gasteiger charge is 2.24. The zero-order valence-corrected chi connectivity index (χ0v) is 16.5. The van der Waals surface area contributed by atoms with Gasteiger partial charge in [-0.2, -0.15) is 4.98 Å². The van der Waals surface area contributed by atoms with E-state index in [1.165, 1.54) is 0 Å². The van der Waals surface area contributed by atoms with Crippen LogP contribution in [0.15, 0.2) is 30.3 Å². The summed E-state index contributed by atoms with van der Waals surface area (Å²) in [6.45, 7) is 1.97. The van der Waals surface area contributed by atoms with Gasteiger partial charge in [0.05, 0.1) is 12.2 Å². The smallest absolute Gasteiger partial charge is 0.320 e. The number of carbonyl (C=O) groups excluding carboxylic acids is 1. The van der Waals surface area contributed by atoms with E-state index in [1.54, 1.807) is 6.92 Å². The molecule has 2 atom stereocenters. The van der Waals surface area contributed by atoms with Crippen LogP contribution in [0.4, 0.5) is 10.2 Å². The van der Waals surface area contributed by atoms with E-state index in [4.69, 9.17) is 16.3 Å². The van der Waals surface area contributed by atoms with Gasteiger partial charge < -0.3 is 15.4 Å². The zero-order chi connectivity index (χ0) is 19.9. The number of hydrogen-bond acceptors (Lipinski definition) is 6. The third-order valence-corrected chi connectivity index (χ3v) is 4.95. The third-order valence-electron chi connectivity index (χ3n) is 4.78. The summed E-state index contributed by atoms with van der Waals surface area (Å²) >= 11 is 5.83. The minimum Gasteiger partial charge on any atom is -0.460 e. The van der Waals surface area contributed by atoms with Crippen molar-refractivity contribution in [2.24, 2.45) is 0 Å². The maximum absolute atomic E-state index is 14.2. The van der Waals surface area contributed by atoms with Crippen LogP contribution in [-0.4, -0.2) is 34.6 Å². The molecule has 2 aromatic rings. The second-order valence-electron chi connectivity index (χ2n) is 6.97. The van der Waals surface area contributed by atoms with Crippen LogP contribution in [0, 0.1) is 12.7 Å². The van der Waals surface area contributed by atoms with E-state index in [0.29, 0.717) is 0 Å². The Morgan fingerprint density at radius 2 is 2.00 bits per heavy atom. The van der Waals surface area contributed by atoms with E-state index in [9.17, 15) is 9.18 Å². The van der Waals surface area contributed by atoms with Gasteiger partial charge in [0.1, 0.15) is 6.61 Å². The fourth-order valence-corrected chi connectivity index (χ4v) is 3.55. The monoisotopic (exact) mass is 406 g/mol. The van der Waals surface area contributed by atoms with Gasteiger partial charge >= 0.3 is 5.97 Å². The van der Waals surface area contributed by atoms with E-state index in [-0.39, 0.29) is 48.0 Å². The number of ether oxygens (including phenoxy) is 1. The highest BCUT2D eigenvalue weighted by molar-refractivity contribution is 6.28. The lowest BCUT2D eigenvalue weighted by Gasteiger charge is -2.30. The normalized spacial score (nSPS) is 19.2. The van der Waals surface area contributed by atoms with Crippen molar-refractivity contribution in [1.29, 1.82) is 0 Å². The Labute approximate surface area is 168 Å². The Morgan fingerprint density at radius 3 is 2.79 bits per heavy atom. The van der Waals surface area contributed by atoms with Gasteiger partial charge in [0.15, 0.2) is 11.6 Å². The molecule has 1 aliphatic carbocycles. The van der Waals surface area contributed by atoms with E-state index in [1.807, 2.05) is 30.3 Å². The highest BCUT2D eigenvalue weighted by Crippen LogP contribution is 2.24. The van der Waals surface area contributed by atoms with Crippen LogP contribution in [0.2, 0.25) is 5.28 Å². The average molecular weight is 407 g/mol. The largest absolute Gasteiger partial charge is 0.460 e. The summed E-state index contributed by atoms with van der Waals surface area (Å²) in [5, 5.41) is 6.39. The number of nitrogens with zero attached hydrogens (tertiary/aromatic N) is 2. The van der Waals surface area contributed by atoms with Crippen LogP contribution in [-0.2, 0) is 16.1 Å². The number of aromatic nitrogens is 2. The molecule has 0 radical (unpaired) electrons. The van der Waals surface area contributed by atoms with Crippen molar-refractivity contribution in [2.75, 3.05) is 11.9 Å². The van der Waals surface area contributed by atoms with Gasteiger partial charge in [0.2, 0.25) is 5.28 Å². The second kappa shape index (κ2) is 9.80. The molecule has 150 valence electrons. The highest BCUT2D eigenvalue weighted by atomic mass is 35.5. The molecule has 1 aliphatic rings. The number of rotatable bonds is 7. The van der Waals surface area contributed by atoms with Gasteiger partial charge in [-0.1, -0.05) is 30.3 Å². The van der Waals surface area contributed by atoms with E-state index in [2.05, 4.69) is 20.6 Å². The molecule has 1 aromatic heterocycles. The number of anilines is 1. The van der Waals surface area contributed by atoms with Crippen LogP contribution in [0.25, 0.3) is 0 Å². The summed E-state index contributed by atoms with van der Waals surface area (Å²) in [6.07, 6.45) is 3.58. The van der Waals surface area contributed by atoms with Gasteiger partial charge in [0.25, 0.3) is 0 Å². The number of esters is 1. The SMILES string of the molecule is Cc1nc(Cl)nc(N[C@@H]2CCC[C@H](NCC(=O)OCc3ccccc3)C2)c1F. The van der Waals surface area contributed by atoms with E-state index in [0.717, 1.165) is 31.2 Å². The second-order valence-corrected chi connectivity index (χ2v) is 7.31. The van der Waals surface area contributed by atoms with Crippen molar-refractivity contribution in [3.8, 4) is 0 Å². The van der Waals surface area contributed by atoms with Crippen LogP contribution in [0.5, 0.6) is 0 Å². The molecule has 8 heteroatoms. The van der Waals surface area contributed by atoms with Gasteiger partial charge in [-0.3, -0.25) is 4.79 Å². The van der Waals surface area contributed by atoms with Crippen LogP contribution in [0.1, 0.15) is 36.9 Å². The zero-order valence-electron chi connectivity index (χ0n) is 15.8. The fraction of sp³-hybridized carbons (Fsp3) is 0.450. The molecule has 6 nitrogen and oxygen atoms in total. The van der Waals surface area contributed by atoms with Crippen molar-refractivity contribution < 1.29 is 13.9 Å². The van der Waals surface area contributed by atoms with Crippen LogP contribution in [0.3, 0.4) is 0 Å². The Bertz CT molecular complexity index is 806. The van der Waals surface area contributed by atoms with Gasteiger partial charge in [-0.15, -0.1) is 0 Å².